The predicted molar refractivity (Wildman–Crippen MR) is 120 cm³/mol. The van der Waals surface area contributed by atoms with E-state index in [1.54, 1.807) is 35.2 Å². The second-order valence-corrected chi connectivity index (χ2v) is 10.9. The van der Waals surface area contributed by atoms with Crippen molar-refractivity contribution in [3.8, 4) is 0 Å². The van der Waals surface area contributed by atoms with Crippen molar-refractivity contribution < 1.29 is 13.2 Å². The van der Waals surface area contributed by atoms with E-state index in [9.17, 15) is 13.2 Å². The Morgan fingerprint density at radius 1 is 0.800 bits per heavy atom. The lowest BCUT2D eigenvalue weighted by Gasteiger charge is -2.39. The first-order chi connectivity index (χ1) is 14.4. The van der Waals surface area contributed by atoms with E-state index in [1.165, 1.54) is 4.31 Å². The fraction of sp³-hybridized carbons (Fsp3) is 0.136. The smallest absolute Gasteiger partial charge is 0.256 e. The van der Waals surface area contributed by atoms with Gasteiger partial charge in [-0.05, 0) is 48.0 Å². The van der Waals surface area contributed by atoms with Gasteiger partial charge in [0.15, 0.2) is 5.66 Å². The van der Waals surface area contributed by atoms with Gasteiger partial charge in [0.1, 0.15) is 0 Å². The Labute approximate surface area is 191 Å². The maximum absolute atomic E-state index is 13.8. The first-order valence-electron chi connectivity index (χ1n) is 9.33. The zero-order chi connectivity index (χ0) is 21.1. The fourth-order valence-electron chi connectivity index (χ4n) is 4.46. The van der Waals surface area contributed by atoms with Crippen LogP contribution in [0.5, 0.6) is 0 Å². The van der Waals surface area contributed by atoms with Gasteiger partial charge in [0, 0.05) is 33.2 Å². The van der Waals surface area contributed by atoms with E-state index in [0.29, 0.717) is 17.7 Å². The summed E-state index contributed by atoms with van der Waals surface area (Å²) in [5, 5.41) is 0. The number of hydrogen-bond donors (Lipinski definition) is 0. The van der Waals surface area contributed by atoms with Gasteiger partial charge in [0.25, 0.3) is 5.91 Å². The van der Waals surface area contributed by atoms with Gasteiger partial charge in [0.05, 0.1) is 4.90 Å². The van der Waals surface area contributed by atoms with Gasteiger partial charge < -0.3 is 4.90 Å². The lowest BCUT2D eigenvalue weighted by atomic mass is 9.91. The number of fused-ring (bicyclic) bond motifs is 3. The lowest BCUT2D eigenvalue weighted by Crippen LogP contribution is -2.51. The molecule has 0 bridgehead atoms. The number of sulfonamides is 1. The molecule has 1 amide bonds. The summed E-state index contributed by atoms with van der Waals surface area (Å²) in [6.45, 7) is 0.536. The number of carbonyl (C=O) groups is 1. The van der Waals surface area contributed by atoms with Gasteiger partial charge >= 0.3 is 0 Å². The highest BCUT2D eigenvalue weighted by atomic mass is 79.9. The van der Waals surface area contributed by atoms with E-state index in [2.05, 4.69) is 31.9 Å². The summed E-state index contributed by atoms with van der Waals surface area (Å²) in [6.07, 6.45) is 0. The van der Waals surface area contributed by atoms with Crippen LogP contribution in [0.1, 0.15) is 21.5 Å². The molecular weight excluding hydrogens is 532 g/mol. The highest BCUT2D eigenvalue weighted by molar-refractivity contribution is 9.10. The molecule has 1 atom stereocenters. The Balaban J connectivity index is 1.79. The van der Waals surface area contributed by atoms with Crippen molar-refractivity contribution in [2.75, 3.05) is 13.1 Å². The largest absolute Gasteiger partial charge is 0.310 e. The highest BCUT2D eigenvalue weighted by Crippen LogP contribution is 2.51. The van der Waals surface area contributed by atoms with Gasteiger partial charge in [-0.25, -0.2) is 8.42 Å². The summed E-state index contributed by atoms with van der Waals surface area (Å²) in [5.41, 5.74) is 0.758. The summed E-state index contributed by atoms with van der Waals surface area (Å²) in [5.74, 6) is -0.151. The molecule has 3 aromatic carbocycles. The Bertz CT molecular complexity index is 1260. The molecule has 0 radical (unpaired) electrons. The van der Waals surface area contributed by atoms with Crippen LogP contribution < -0.4 is 0 Å². The molecule has 0 aliphatic carbocycles. The molecule has 1 unspecified atom stereocenters. The molecule has 0 saturated carbocycles. The Kier molecular flexibility index (Phi) is 4.66. The molecule has 1 saturated heterocycles. The normalized spacial score (nSPS) is 21.0. The molecule has 2 aliphatic heterocycles. The van der Waals surface area contributed by atoms with Gasteiger partial charge in [-0.3, -0.25) is 4.79 Å². The van der Waals surface area contributed by atoms with Crippen LogP contribution in [0.15, 0.2) is 86.6 Å². The van der Waals surface area contributed by atoms with E-state index in [1.807, 2.05) is 42.5 Å². The lowest BCUT2D eigenvalue weighted by molar-refractivity contribution is 0.0618. The van der Waals surface area contributed by atoms with Crippen LogP contribution in [0, 0.1) is 0 Å². The number of amides is 1. The first kappa shape index (κ1) is 19.9. The standard InChI is InChI=1S/C22H16Br2N2O3S/c23-16-7-5-15(6-8-16)22-20-4-2-1-3-19(20)21(27)25(22)13-14-26(22)30(28,29)18-11-9-17(24)10-12-18/h1-12H,13-14H2. The Morgan fingerprint density at radius 3 is 2.07 bits per heavy atom. The molecule has 8 heteroatoms. The second-order valence-electron chi connectivity index (χ2n) is 7.21. The van der Waals surface area contributed by atoms with Crippen LogP contribution in [0.2, 0.25) is 0 Å². The summed E-state index contributed by atoms with van der Waals surface area (Å²) < 4.78 is 30.8. The van der Waals surface area contributed by atoms with E-state index >= 15 is 0 Å². The van der Waals surface area contributed by atoms with Crippen LogP contribution >= 0.6 is 31.9 Å². The molecule has 0 N–H and O–H groups in total. The summed E-state index contributed by atoms with van der Waals surface area (Å²) >= 11 is 6.81. The third-order valence-corrected chi connectivity index (χ3v) is 8.66. The molecule has 0 aromatic heterocycles. The first-order valence-corrected chi connectivity index (χ1v) is 12.4. The third-order valence-electron chi connectivity index (χ3n) is 5.70. The Morgan fingerprint density at radius 2 is 1.40 bits per heavy atom. The number of benzene rings is 3. The van der Waals surface area contributed by atoms with E-state index in [-0.39, 0.29) is 17.3 Å². The Hall–Kier alpha value is -2.00. The summed E-state index contributed by atoms with van der Waals surface area (Å²) in [4.78, 5) is 15.1. The maximum Gasteiger partial charge on any atom is 0.256 e. The molecule has 152 valence electrons. The fourth-order valence-corrected chi connectivity index (χ4v) is 6.70. The molecular formula is C22H16Br2N2O3S. The van der Waals surface area contributed by atoms with E-state index in [4.69, 9.17) is 0 Å². The van der Waals surface area contributed by atoms with E-state index < -0.39 is 15.7 Å². The molecule has 0 spiro atoms. The van der Waals surface area contributed by atoms with E-state index in [0.717, 1.165) is 14.5 Å². The summed E-state index contributed by atoms with van der Waals surface area (Å²) in [6, 6.07) is 21.4. The average molecular weight is 548 g/mol. The monoisotopic (exact) mass is 546 g/mol. The van der Waals surface area contributed by atoms with Crippen molar-refractivity contribution in [2.24, 2.45) is 0 Å². The highest BCUT2D eigenvalue weighted by Gasteiger charge is 2.61. The summed E-state index contributed by atoms with van der Waals surface area (Å²) in [7, 11) is -3.89. The number of carbonyl (C=O) groups excluding carboxylic acids is 1. The minimum absolute atomic E-state index is 0.151. The average Bonchev–Trinajstić information content (AvgIpc) is 3.25. The van der Waals surface area contributed by atoms with Crippen LogP contribution in [0.4, 0.5) is 0 Å². The zero-order valence-corrected chi connectivity index (χ0v) is 19.6. The number of hydrogen-bond acceptors (Lipinski definition) is 3. The van der Waals surface area contributed by atoms with Gasteiger partial charge in [-0.15, -0.1) is 0 Å². The second kappa shape index (κ2) is 7.02. The van der Waals surface area contributed by atoms with Crippen molar-refractivity contribution >= 4 is 47.8 Å². The minimum atomic E-state index is -3.89. The van der Waals surface area contributed by atoms with Crippen molar-refractivity contribution in [3.63, 3.8) is 0 Å². The minimum Gasteiger partial charge on any atom is -0.310 e. The predicted octanol–water partition coefficient (Wildman–Crippen LogP) is 4.57. The van der Waals surface area contributed by atoms with Gasteiger partial charge in [-0.1, -0.05) is 62.2 Å². The van der Waals surface area contributed by atoms with Gasteiger partial charge in [0.2, 0.25) is 10.0 Å². The molecule has 5 nitrogen and oxygen atoms in total. The van der Waals surface area contributed by atoms with Crippen molar-refractivity contribution in [3.05, 3.63) is 98.4 Å². The molecule has 2 aliphatic rings. The number of nitrogens with zero attached hydrogens (tertiary/aromatic N) is 2. The molecule has 1 fully saturated rings. The number of rotatable bonds is 3. The molecule has 2 heterocycles. The van der Waals surface area contributed by atoms with Crippen LogP contribution in [0.25, 0.3) is 0 Å². The third kappa shape index (κ3) is 2.67. The molecule has 3 aromatic rings. The van der Waals surface area contributed by atoms with Crippen molar-refractivity contribution in [2.45, 2.75) is 10.6 Å². The van der Waals surface area contributed by atoms with Crippen LogP contribution in [-0.2, 0) is 15.7 Å². The number of halogens is 2. The quantitative estimate of drug-likeness (QED) is 0.482. The van der Waals surface area contributed by atoms with Crippen molar-refractivity contribution in [1.29, 1.82) is 0 Å². The van der Waals surface area contributed by atoms with Crippen LogP contribution in [-0.4, -0.2) is 36.6 Å². The maximum atomic E-state index is 13.8. The molecule has 5 rings (SSSR count). The SMILES string of the molecule is O=C1c2ccccc2C2(c3ccc(Br)cc3)N1CCN2S(=O)(=O)c1ccc(Br)cc1. The van der Waals surface area contributed by atoms with Crippen LogP contribution in [0.3, 0.4) is 0 Å². The topological polar surface area (TPSA) is 57.7 Å². The zero-order valence-electron chi connectivity index (χ0n) is 15.6. The molecule has 30 heavy (non-hydrogen) atoms. The van der Waals surface area contributed by atoms with Crippen molar-refractivity contribution in [1.82, 2.24) is 9.21 Å². The van der Waals surface area contributed by atoms with Gasteiger partial charge in [-0.2, -0.15) is 4.31 Å².